The third-order valence-corrected chi connectivity index (χ3v) is 2.82. The summed E-state index contributed by atoms with van der Waals surface area (Å²) in [7, 11) is 0. The zero-order valence-electron chi connectivity index (χ0n) is 8.58. The van der Waals surface area contributed by atoms with Crippen LogP contribution in [0.5, 0.6) is 0 Å². The van der Waals surface area contributed by atoms with Crippen LogP contribution in [0.3, 0.4) is 0 Å². The summed E-state index contributed by atoms with van der Waals surface area (Å²) in [6, 6.07) is 1.87. The van der Waals surface area contributed by atoms with Crippen molar-refractivity contribution in [2.24, 2.45) is 5.92 Å². The van der Waals surface area contributed by atoms with Crippen LogP contribution in [-0.4, -0.2) is 32.6 Å². The van der Waals surface area contributed by atoms with Gasteiger partial charge in [0, 0.05) is 12.4 Å². The molecular weight excluding hydrogens is 194 g/mol. The Hall–Kier alpha value is -0.840. The molecule has 1 aromatic heterocycles. The molecule has 3 N–H and O–H groups in total. The second-order valence-corrected chi connectivity index (χ2v) is 4.26. The first-order valence-corrected chi connectivity index (χ1v) is 5.33. The highest BCUT2D eigenvalue weighted by atomic mass is 16.3. The van der Waals surface area contributed by atoms with E-state index in [2.05, 4.69) is 0 Å². The van der Waals surface area contributed by atoms with Crippen LogP contribution in [0.15, 0.2) is 18.5 Å². The van der Waals surface area contributed by atoms with E-state index in [4.69, 9.17) is 5.11 Å². The van der Waals surface area contributed by atoms with E-state index < -0.39 is 6.10 Å². The minimum atomic E-state index is -0.733. The zero-order chi connectivity index (χ0) is 10.8. The van der Waals surface area contributed by atoms with Gasteiger partial charge in [0.2, 0.25) is 0 Å². The molecule has 1 fully saturated rings. The molecule has 15 heavy (non-hydrogen) atoms. The highest BCUT2D eigenvalue weighted by Crippen LogP contribution is 2.40. The molecule has 0 aromatic carbocycles. The molecule has 0 radical (unpaired) electrons. The summed E-state index contributed by atoms with van der Waals surface area (Å²) < 4.78 is 1.79. The fourth-order valence-corrected chi connectivity index (χ4v) is 1.73. The largest absolute Gasteiger partial charge is 0.394 e. The van der Waals surface area contributed by atoms with Crippen molar-refractivity contribution >= 4 is 0 Å². The van der Waals surface area contributed by atoms with E-state index in [-0.39, 0.29) is 12.7 Å². The van der Waals surface area contributed by atoms with Gasteiger partial charge in [-0.2, -0.15) is 0 Å². The molecule has 0 bridgehead atoms. The smallest absolute Gasteiger partial charge is 0.0949 e. The second kappa shape index (κ2) is 4.35. The number of aliphatic hydroxyl groups excluding tert-OH is 3. The Bertz CT molecular complexity index is 319. The maximum absolute atomic E-state index is 9.84. The van der Waals surface area contributed by atoms with Crippen LogP contribution in [0.4, 0.5) is 0 Å². The van der Waals surface area contributed by atoms with Gasteiger partial charge in [-0.15, -0.1) is 0 Å². The van der Waals surface area contributed by atoms with Crippen LogP contribution in [0.25, 0.3) is 0 Å². The van der Waals surface area contributed by atoms with Gasteiger partial charge in [-0.05, 0) is 30.4 Å². The summed E-state index contributed by atoms with van der Waals surface area (Å²) in [5, 5.41) is 27.8. The van der Waals surface area contributed by atoms with E-state index in [0.29, 0.717) is 12.5 Å². The monoisotopic (exact) mass is 211 g/mol. The number of hydrogen-bond acceptors (Lipinski definition) is 3. The normalized spacial score (nSPS) is 20.2. The van der Waals surface area contributed by atoms with Gasteiger partial charge in [-0.3, -0.25) is 0 Å². The SMILES string of the molecule is OCC(O)Cn1ccc(C(O)C2CC2)c1. The van der Waals surface area contributed by atoms with E-state index >= 15 is 0 Å². The molecule has 0 amide bonds. The summed E-state index contributed by atoms with van der Waals surface area (Å²) in [5.74, 6) is 0.420. The van der Waals surface area contributed by atoms with Crippen LogP contribution < -0.4 is 0 Å². The quantitative estimate of drug-likeness (QED) is 0.655. The molecule has 4 nitrogen and oxygen atoms in total. The minimum absolute atomic E-state index is 0.237. The van der Waals surface area contributed by atoms with E-state index in [1.165, 1.54) is 0 Å². The van der Waals surface area contributed by atoms with Crippen molar-refractivity contribution in [3.63, 3.8) is 0 Å². The summed E-state index contributed by atoms with van der Waals surface area (Å²) >= 11 is 0. The van der Waals surface area contributed by atoms with Crippen LogP contribution in [-0.2, 0) is 6.54 Å². The Kier molecular flexibility index (Phi) is 3.09. The molecule has 2 rings (SSSR count). The lowest BCUT2D eigenvalue weighted by atomic mass is 10.1. The Balaban J connectivity index is 1.96. The van der Waals surface area contributed by atoms with Crippen molar-refractivity contribution in [2.75, 3.05) is 6.61 Å². The fraction of sp³-hybridized carbons (Fsp3) is 0.636. The van der Waals surface area contributed by atoms with Crippen LogP contribution in [0.1, 0.15) is 24.5 Å². The van der Waals surface area contributed by atoms with E-state index in [0.717, 1.165) is 18.4 Å². The highest BCUT2D eigenvalue weighted by molar-refractivity contribution is 5.16. The van der Waals surface area contributed by atoms with Crippen molar-refractivity contribution in [1.29, 1.82) is 0 Å². The molecule has 0 spiro atoms. The Morgan fingerprint density at radius 1 is 1.40 bits per heavy atom. The molecular formula is C11H17NO3. The number of hydrogen-bond donors (Lipinski definition) is 3. The highest BCUT2D eigenvalue weighted by Gasteiger charge is 2.31. The van der Waals surface area contributed by atoms with Gasteiger partial charge in [0.1, 0.15) is 0 Å². The predicted octanol–water partition coefficient (Wildman–Crippen LogP) is 0.285. The molecule has 0 saturated heterocycles. The van der Waals surface area contributed by atoms with Gasteiger partial charge >= 0.3 is 0 Å². The van der Waals surface area contributed by atoms with Crippen molar-refractivity contribution in [3.05, 3.63) is 24.0 Å². The molecule has 84 valence electrons. The standard InChI is InChI=1S/C11H17NO3/c13-7-10(14)6-12-4-3-9(5-12)11(15)8-1-2-8/h3-5,8,10-11,13-15H,1-2,6-7H2. The molecule has 1 heterocycles. The number of rotatable bonds is 5. The maximum Gasteiger partial charge on any atom is 0.0949 e. The lowest BCUT2D eigenvalue weighted by Gasteiger charge is -2.08. The van der Waals surface area contributed by atoms with Crippen molar-refractivity contribution in [2.45, 2.75) is 31.6 Å². The minimum Gasteiger partial charge on any atom is -0.394 e. The van der Waals surface area contributed by atoms with Gasteiger partial charge in [0.15, 0.2) is 0 Å². The summed E-state index contributed by atoms with van der Waals surface area (Å²) in [5.41, 5.74) is 0.905. The predicted molar refractivity (Wildman–Crippen MR) is 55.2 cm³/mol. The summed E-state index contributed by atoms with van der Waals surface area (Å²) in [6.45, 7) is 0.132. The van der Waals surface area contributed by atoms with Crippen LogP contribution >= 0.6 is 0 Å². The number of aromatic nitrogens is 1. The van der Waals surface area contributed by atoms with Gasteiger partial charge in [0.05, 0.1) is 25.4 Å². The Labute approximate surface area is 88.8 Å². The molecule has 2 unspecified atom stereocenters. The summed E-state index contributed by atoms with van der Waals surface area (Å²) in [4.78, 5) is 0. The van der Waals surface area contributed by atoms with Crippen molar-refractivity contribution in [1.82, 2.24) is 4.57 Å². The molecule has 1 saturated carbocycles. The van der Waals surface area contributed by atoms with Gasteiger partial charge in [0.25, 0.3) is 0 Å². The topological polar surface area (TPSA) is 65.6 Å². The molecule has 1 aromatic rings. The third-order valence-electron chi connectivity index (χ3n) is 2.82. The van der Waals surface area contributed by atoms with Crippen LogP contribution in [0.2, 0.25) is 0 Å². The van der Waals surface area contributed by atoms with E-state index in [1.807, 2.05) is 18.5 Å². The summed E-state index contributed by atoms with van der Waals surface area (Å²) in [6.07, 6.45) is 4.76. The lowest BCUT2D eigenvalue weighted by molar-refractivity contribution is 0.0811. The number of nitrogens with zero attached hydrogens (tertiary/aromatic N) is 1. The first-order valence-electron chi connectivity index (χ1n) is 5.33. The average Bonchev–Trinajstić information content (AvgIpc) is 2.98. The van der Waals surface area contributed by atoms with Gasteiger partial charge < -0.3 is 19.9 Å². The fourth-order valence-electron chi connectivity index (χ4n) is 1.73. The van der Waals surface area contributed by atoms with Crippen molar-refractivity contribution in [3.8, 4) is 0 Å². The van der Waals surface area contributed by atoms with Gasteiger partial charge in [-0.25, -0.2) is 0 Å². The lowest BCUT2D eigenvalue weighted by Crippen LogP contribution is -2.18. The van der Waals surface area contributed by atoms with E-state index in [1.54, 1.807) is 4.57 Å². The first-order chi connectivity index (χ1) is 7.20. The molecule has 1 aliphatic rings. The molecule has 0 aliphatic heterocycles. The molecule has 4 heteroatoms. The molecule has 2 atom stereocenters. The Morgan fingerprint density at radius 3 is 2.73 bits per heavy atom. The van der Waals surface area contributed by atoms with Gasteiger partial charge in [-0.1, -0.05) is 0 Å². The van der Waals surface area contributed by atoms with Crippen LogP contribution in [0, 0.1) is 5.92 Å². The zero-order valence-corrected chi connectivity index (χ0v) is 8.58. The third kappa shape index (κ3) is 2.59. The maximum atomic E-state index is 9.84. The van der Waals surface area contributed by atoms with Crippen molar-refractivity contribution < 1.29 is 15.3 Å². The number of aliphatic hydroxyl groups is 3. The van der Waals surface area contributed by atoms with E-state index in [9.17, 15) is 10.2 Å². The first kappa shape index (κ1) is 10.7. The second-order valence-electron chi connectivity index (χ2n) is 4.26. The Morgan fingerprint density at radius 2 is 2.13 bits per heavy atom. The average molecular weight is 211 g/mol. The molecule has 1 aliphatic carbocycles.